The maximum absolute atomic E-state index is 12.9. The molecule has 0 radical (unpaired) electrons. The summed E-state index contributed by atoms with van der Waals surface area (Å²) in [6.45, 7) is 1.75. The number of amides is 1. The largest absolute Gasteiger partial charge is 0.485 e. The van der Waals surface area contributed by atoms with E-state index in [-0.39, 0.29) is 23.9 Å². The molecule has 0 spiro atoms. The zero-order valence-electron chi connectivity index (χ0n) is 16.4. The monoisotopic (exact) mass is 419 g/mol. The first kappa shape index (κ1) is 18.7. The van der Waals surface area contributed by atoms with E-state index in [9.17, 15) is 9.59 Å². The summed E-state index contributed by atoms with van der Waals surface area (Å²) in [6, 6.07) is 13.6. The van der Waals surface area contributed by atoms with E-state index in [0.29, 0.717) is 28.6 Å². The number of aromatic amines is 1. The summed E-state index contributed by atoms with van der Waals surface area (Å²) in [5.74, 6) is 1.57. The van der Waals surface area contributed by atoms with Gasteiger partial charge in [0.2, 0.25) is 12.1 Å². The fourth-order valence-corrected chi connectivity index (χ4v) is 3.20. The first-order chi connectivity index (χ1) is 15.1. The average molecular weight is 419 g/mol. The molecule has 0 unspecified atom stereocenters. The summed E-state index contributed by atoms with van der Waals surface area (Å²) in [5.41, 5.74) is 0.623. The summed E-state index contributed by atoms with van der Waals surface area (Å²) >= 11 is 0. The maximum Gasteiger partial charge on any atom is 0.270 e. The number of carbonyl (C=O) groups excluding carboxylic acids is 1. The van der Waals surface area contributed by atoms with E-state index in [1.807, 2.05) is 6.07 Å². The molecule has 2 N–H and O–H groups in total. The van der Waals surface area contributed by atoms with E-state index >= 15 is 0 Å². The van der Waals surface area contributed by atoms with Crippen molar-refractivity contribution in [3.8, 4) is 28.9 Å². The number of hydrogen-bond acceptors (Lipinski definition) is 7. The highest BCUT2D eigenvalue weighted by atomic mass is 16.6. The molecule has 0 aliphatic carbocycles. The molecule has 1 aliphatic heterocycles. The van der Waals surface area contributed by atoms with Gasteiger partial charge in [0.25, 0.3) is 11.5 Å². The third-order valence-corrected chi connectivity index (χ3v) is 4.59. The molecule has 31 heavy (non-hydrogen) atoms. The summed E-state index contributed by atoms with van der Waals surface area (Å²) in [5, 5.41) is 7.23. The standard InChI is InChI=1S/C21H17N5O5/c1-12-9-19(27)24-21(22-12)26-18(10-13(25-26)14-7-4-8-29-14)23-20(28)17-11-30-15-5-2-3-6-16(15)31-17/h2-10,17H,11H2,1H3,(H,23,28)(H,22,24,27)/t17-/m0/s1. The molecule has 0 fully saturated rings. The summed E-state index contributed by atoms with van der Waals surface area (Å²) in [4.78, 5) is 31.8. The zero-order valence-corrected chi connectivity index (χ0v) is 16.4. The van der Waals surface area contributed by atoms with E-state index < -0.39 is 12.0 Å². The highest BCUT2D eigenvalue weighted by Gasteiger charge is 2.28. The second-order valence-electron chi connectivity index (χ2n) is 6.87. The molecule has 5 rings (SSSR count). The van der Waals surface area contributed by atoms with E-state index in [4.69, 9.17) is 13.9 Å². The Morgan fingerprint density at radius 3 is 2.81 bits per heavy atom. The van der Waals surface area contributed by atoms with Gasteiger partial charge < -0.3 is 19.2 Å². The lowest BCUT2D eigenvalue weighted by Crippen LogP contribution is -2.40. The molecule has 156 valence electrons. The number of anilines is 1. The third-order valence-electron chi connectivity index (χ3n) is 4.59. The van der Waals surface area contributed by atoms with Gasteiger partial charge in [-0.05, 0) is 31.2 Å². The lowest BCUT2D eigenvalue weighted by atomic mass is 10.2. The van der Waals surface area contributed by atoms with Crippen LogP contribution in [0.5, 0.6) is 11.5 Å². The number of ether oxygens (including phenoxy) is 2. The molecular formula is C21H17N5O5. The predicted molar refractivity (Wildman–Crippen MR) is 109 cm³/mol. The van der Waals surface area contributed by atoms with Gasteiger partial charge in [0.05, 0.1) is 6.26 Å². The minimum absolute atomic E-state index is 0.0571. The van der Waals surface area contributed by atoms with E-state index in [0.717, 1.165) is 0 Å². The van der Waals surface area contributed by atoms with Crippen LogP contribution >= 0.6 is 0 Å². The SMILES string of the molecule is Cc1cc(=O)[nH]c(-n2nc(-c3ccco3)cc2NC(=O)[C@@H]2COc3ccccc3O2)n1. The van der Waals surface area contributed by atoms with Crippen molar-refractivity contribution < 1.29 is 18.7 Å². The van der Waals surface area contributed by atoms with Crippen molar-refractivity contribution in [2.24, 2.45) is 0 Å². The van der Waals surface area contributed by atoms with Gasteiger partial charge in [0.15, 0.2) is 17.3 Å². The number of benzene rings is 1. The highest BCUT2D eigenvalue weighted by Crippen LogP contribution is 2.31. The molecule has 4 heterocycles. The van der Waals surface area contributed by atoms with Crippen LogP contribution in [0, 0.1) is 6.92 Å². The summed E-state index contributed by atoms with van der Waals surface area (Å²) in [6.07, 6.45) is 0.652. The Morgan fingerprint density at radius 1 is 1.19 bits per heavy atom. The molecule has 1 atom stereocenters. The van der Waals surface area contributed by atoms with Crippen LogP contribution in [0.15, 0.2) is 64.0 Å². The van der Waals surface area contributed by atoms with Crippen LogP contribution in [0.25, 0.3) is 17.4 Å². The Morgan fingerprint density at radius 2 is 2.03 bits per heavy atom. The second-order valence-corrected chi connectivity index (χ2v) is 6.87. The molecular weight excluding hydrogens is 402 g/mol. The van der Waals surface area contributed by atoms with Gasteiger partial charge in [-0.25, -0.2) is 4.98 Å². The van der Waals surface area contributed by atoms with E-state index in [2.05, 4.69) is 20.4 Å². The first-order valence-corrected chi connectivity index (χ1v) is 9.48. The molecule has 1 amide bonds. The third kappa shape index (κ3) is 3.66. The van der Waals surface area contributed by atoms with Crippen LogP contribution in [0.4, 0.5) is 5.82 Å². The summed E-state index contributed by atoms with van der Waals surface area (Å²) in [7, 11) is 0. The lowest BCUT2D eigenvalue weighted by molar-refractivity contribution is -0.125. The van der Waals surface area contributed by atoms with Gasteiger partial charge in [-0.3, -0.25) is 14.6 Å². The first-order valence-electron chi connectivity index (χ1n) is 9.48. The number of fused-ring (bicyclic) bond motifs is 1. The molecule has 1 aromatic carbocycles. The van der Waals surface area contributed by atoms with Crippen molar-refractivity contribution in [3.05, 3.63) is 70.8 Å². The number of nitrogens with one attached hydrogen (secondary N) is 2. The molecule has 10 heteroatoms. The van der Waals surface area contributed by atoms with Gasteiger partial charge in [-0.2, -0.15) is 9.78 Å². The Balaban J connectivity index is 1.48. The highest BCUT2D eigenvalue weighted by molar-refractivity contribution is 5.94. The smallest absolute Gasteiger partial charge is 0.270 e. The minimum atomic E-state index is -0.866. The fourth-order valence-electron chi connectivity index (χ4n) is 3.20. The molecule has 4 aromatic rings. The Kier molecular flexibility index (Phi) is 4.51. The topological polar surface area (TPSA) is 124 Å². The molecule has 0 saturated heterocycles. The van der Waals surface area contributed by atoms with Crippen LogP contribution in [-0.2, 0) is 4.79 Å². The number of H-pyrrole nitrogens is 1. The van der Waals surface area contributed by atoms with E-state index in [1.165, 1.54) is 17.0 Å². The van der Waals surface area contributed by atoms with Crippen molar-refractivity contribution in [2.75, 3.05) is 11.9 Å². The van der Waals surface area contributed by atoms with Crippen LogP contribution in [-0.4, -0.2) is 38.4 Å². The maximum atomic E-state index is 12.9. The molecule has 0 bridgehead atoms. The van der Waals surface area contributed by atoms with Crippen LogP contribution in [0.2, 0.25) is 0 Å². The number of furan rings is 1. The summed E-state index contributed by atoms with van der Waals surface area (Å²) < 4.78 is 18.1. The van der Waals surface area contributed by atoms with Crippen LogP contribution in [0.3, 0.4) is 0 Å². The van der Waals surface area contributed by atoms with Gasteiger partial charge in [-0.15, -0.1) is 0 Å². The van der Waals surface area contributed by atoms with Crippen molar-refractivity contribution in [1.29, 1.82) is 0 Å². The second kappa shape index (κ2) is 7.48. The van der Waals surface area contributed by atoms with E-state index in [1.54, 1.807) is 43.3 Å². The predicted octanol–water partition coefficient (Wildman–Crippen LogP) is 2.30. The molecule has 3 aromatic heterocycles. The van der Waals surface area contributed by atoms with Crippen molar-refractivity contribution >= 4 is 11.7 Å². The van der Waals surface area contributed by atoms with Gasteiger partial charge >= 0.3 is 0 Å². The molecule has 10 nitrogen and oxygen atoms in total. The van der Waals surface area contributed by atoms with Crippen molar-refractivity contribution in [2.45, 2.75) is 13.0 Å². The van der Waals surface area contributed by atoms with Gasteiger partial charge in [-0.1, -0.05) is 12.1 Å². The van der Waals surface area contributed by atoms with Crippen LogP contribution < -0.4 is 20.3 Å². The number of aromatic nitrogens is 4. The van der Waals surface area contributed by atoms with Crippen molar-refractivity contribution in [1.82, 2.24) is 19.7 Å². The Labute approximate surface area is 175 Å². The number of para-hydroxylation sites is 2. The average Bonchev–Trinajstić information content (AvgIpc) is 3.43. The number of carbonyl (C=O) groups is 1. The minimum Gasteiger partial charge on any atom is -0.485 e. The lowest BCUT2D eigenvalue weighted by Gasteiger charge is -2.25. The number of nitrogens with zero attached hydrogens (tertiary/aromatic N) is 3. The number of rotatable bonds is 4. The normalized spacial score (nSPS) is 14.9. The number of hydrogen-bond donors (Lipinski definition) is 2. The zero-order chi connectivity index (χ0) is 21.4. The fraction of sp³-hybridized carbons (Fsp3) is 0.143. The quantitative estimate of drug-likeness (QED) is 0.520. The van der Waals surface area contributed by atoms with Crippen molar-refractivity contribution in [3.63, 3.8) is 0 Å². The Hall–Kier alpha value is -4.34. The van der Waals surface area contributed by atoms with Crippen LogP contribution in [0.1, 0.15) is 5.69 Å². The molecule has 0 saturated carbocycles. The molecule has 1 aliphatic rings. The van der Waals surface area contributed by atoms with Gasteiger partial charge in [0, 0.05) is 17.8 Å². The Bertz CT molecular complexity index is 1310. The van der Waals surface area contributed by atoms with Gasteiger partial charge in [0.1, 0.15) is 18.1 Å². The number of aryl methyl sites for hydroxylation is 1.